The summed E-state index contributed by atoms with van der Waals surface area (Å²) in [7, 11) is -3.61. The molecule has 8 heteroatoms. The summed E-state index contributed by atoms with van der Waals surface area (Å²) in [6, 6.07) is 12.4. The van der Waals surface area contributed by atoms with Gasteiger partial charge in [0.25, 0.3) is 0 Å². The van der Waals surface area contributed by atoms with Crippen LogP contribution in [0.5, 0.6) is 0 Å². The van der Waals surface area contributed by atoms with Gasteiger partial charge < -0.3 is 5.32 Å². The third kappa shape index (κ3) is 4.66. The Morgan fingerprint density at radius 1 is 1.07 bits per heavy atom. The highest BCUT2D eigenvalue weighted by Gasteiger charge is 2.38. The van der Waals surface area contributed by atoms with Crippen molar-refractivity contribution in [3.63, 3.8) is 0 Å². The highest BCUT2D eigenvalue weighted by atomic mass is 32.2. The molecule has 1 fully saturated rings. The maximum absolute atomic E-state index is 13.7. The molecule has 1 heterocycles. The van der Waals surface area contributed by atoms with Gasteiger partial charge in [-0.05, 0) is 45.0 Å². The summed E-state index contributed by atoms with van der Waals surface area (Å²) >= 11 is 0. The standard InChI is InChI=1S/C21H26FN3O3S/c1-15-12-24(14-21(26)23-20-11-7-10-19(22)17(20)3)13-16(2)25(15)29(27,28)18-8-5-4-6-9-18/h4-11,15-16H,12-14H2,1-3H3,(H,23,26)/t15-,16+. The van der Waals surface area contributed by atoms with Gasteiger partial charge in [0.2, 0.25) is 15.9 Å². The second-order valence-electron chi connectivity index (χ2n) is 7.50. The molecule has 3 rings (SSSR count). The minimum atomic E-state index is -3.61. The number of carbonyl (C=O) groups is 1. The molecule has 6 nitrogen and oxygen atoms in total. The van der Waals surface area contributed by atoms with Gasteiger partial charge in [-0.2, -0.15) is 4.31 Å². The van der Waals surface area contributed by atoms with Crippen LogP contribution in [0.3, 0.4) is 0 Å². The smallest absolute Gasteiger partial charge is 0.243 e. The molecule has 0 radical (unpaired) electrons. The number of piperazine rings is 1. The van der Waals surface area contributed by atoms with Crippen molar-refractivity contribution >= 4 is 21.6 Å². The van der Waals surface area contributed by atoms with Crippen LogP contribution in [0.4, 0.5) is 10.1 Å². The Hall–Kier alpha value is -2.29. The van der Waals surface area contributed by atoms with Crippen molar-refractivity contribution in [3.05, 3.63) is 59.9 Å². The quantitative estimate of drug-likeness (QED) is 0.809. The lowest BCUT2D eigenvalue weighted by atomic mass is 10.1. The summed E-state index contributed by atoms with van der Waals surface area (Å²) in [5.41, 5.74) is 0.836. The zero-order valence-corrected chi connectivity index (χ0v) is 17.6. The molecule has 2 aromatic rings. The molecule has 0 bridgehead atoms. The van der Waals surface area contributed by atoms with Gasteiger partial charge in [-0.15, -0.1) is 0 Å². The number of nitrogens with one attached hydrogen (secondary N) is 1. The van der Waals surface area contributed by atoms with Crippen LogP contribution in [0.15, 0.2) is 53.4 Å². The SMILES string of the molecule is Cc1c(F)cccc1NC(=O)CN1C[C@@H](C)N(S(=O)(=O)c2ccccc2)[C@@H](C)C1. The molecule has 2 atom stereocenters. The number of hydrogen-bond donors (Lipinski definition) is 1. The van der Waals surface area contributed by atoms with Crippen LogP contribution in [0.25, 0.3) is 0 Å². The van der Waals surface area contributed by atoms with Crippen LogP contribution in [0.2, 0.25) is 0 Å². The fourth-order valence-corrected chi connectivity index (χ4v) is 5.70. The molecule has 1 amide bonds. The van der Waals surface area contributed by atoms with Gasteiger partial charge in [0.1, 0.15) is 5.82 Å². The third-order valence-corrected chi connectivity index (χ3v) is 7.28. The van der Waals surface area contributed by atoms with E-state index in [-0.39, 0.29) is 35.2 Å². The number of halogens is 1. The van der Waals surface area contributed by atoms with Gasteiger partial charge >= 0.3 is 0 Å². The fraction of sp³-hybridized carbons (Fsp3) is 0.381. The summed E-state index contributed by atoms with van der Waals surface area (Å²) < 4.78 is 41.3. The maximum atomic E-state index is 13.7. The topological polar surface area (TPSA) is 69.7 Å². The van der Waals surface area contributed by atoms with Crippen molar-refractivity contribution < 1.29 is 17.6 Å². The zero-order chi connectivity index (χ0) is 21.2. The highest BCUT2D eigenvalue weighted by Crippen LogP contribution is 2.25. The average molecular weight is 420 g/mol. The van der Waals surface area contributed by atoms with Crippen molar-refractivity contribution in [1.82, 2.24) is 9.21 Å². The molecule has 0 saturated carbocycles. The van der Waals surface area contributed by atoms with Crippen molar-refractivity contribution in [3.8, 4) is 0 Å². The Morgan fingerprint density at radius 3 is 2.31 bits per heavy atom. The van der Waals surface area contributed by atoms with Crippen LogP contribution in [-0.2, 0) is 14.8 Å². The van der Waals surface area contributed by atoms with Crippen LogP contribution in [-0.4, -0.2) is 55.2 Å². The van der Waals surface area contributed by atoms with Crippen LogP contribution in [0.1, 0.15) is 19.4 Å². The lowest BCUT2D eigenvalue weighted by Crippen LogP contribution is -2.59. The fourth-order valence-electron chi connectivity index (χ4n) is 3.87. The first-order valence-electron chi connectivity index (χ1n) is 9.56. The summed E-state index contributed by atoms with van der Waals surface area (Å²) in [6.45, 7) is 6.29. The van der Waals surface area contributed by atoms with Gasteiger partial charge in [-0.25, -0.2) is 12.8 Å². The minimum absolute atomic E-state index is 0.115. The number of amides is 1. The molecule has 1 aliphatic heterocycles. The van der Waals surface area contributed by atoms with E-state index >= 15 is 0 Å². The van der Waals surface area contributed by atoms with Crippen LogP contribution in [0, 0.1) is 12.7 Å². The Bertz CT molecular complexity index is 970. The second kappa shape index (κ2) is 8.61. The van der Waals surface area contributed by atoms with E-state index in [2.05, 4.69) is 5.32 Å². The molecule has 1 saturated heterocycles. The van der Waals surface area contributed by atoms with Crippen molar-refractivity contribution in [2.45, 2.75) is 37.8 Å². The van der Waals surface area contributed by atoms with Gasteiger partial charge in [0.05, 0.1) is 11.4 Å². The largest absolute Gasteiger partial charge is 0.325 e. The van der Waals surface area contributed by atoms with E-state index in [1.165, 1.54) is 10.4 Å². The van der Waals surface area contributed by atoms with Crippen LogP contribution >= 0.6 is 0 Å². The monoisotopic (exact) mass is 419 g/mol. The lowest BCUT2D eigenvalue weighted by molar-refractivity contribution is -0.118. The predicted molar refractivity (Wildman–Crippen MR) is 111 cm³/mol. The third-order valence-electron chi connectivity index (χ3n) is 5.14. The summed E-state index contributed by atoms with van der Waals surface area (Å²) in [6.07, 6.45) is 0. The first-order chi connectivity index (χ1) is 13.7. The minimum Gasteiger partial charge on any atom is -0.325 e. The molecule has 0 unspecified atom stereocenters. The van der Waals surface area contributed by atoms with Gasteiger partial charge in [-0.1, -0.05) is 24.3 Å². The van der Waals surface area contributed by atoms with E-state index in [1.54, 1.807) is 49.4 Å². The van der Waals surface area contributed by atoms with E-state index < -0.39 is 10.0 Å². The molecule has 0 spiro atoms. The van der Waals surface area contributed by atoms with Crippen molar-refractivity contribution in [2.24, 2.45) is 0 Å². The molecule has 29 heavy (non-hydrogen) atoms. The highest BCUT2D eigenvalue weighted by molar-refractivity contribution is 7.89. The van der Waals surface area contributed by atoms with Gasteiger partial charge in [0.15, 0.2) is 0 Å². The Morgan fingerprint density at radius 2 is 1.69 bits per heavy atom. The van der Waals surface area contributed by atoms with E-state index in [0.717, 1.165) is 0 Å². The lowest BCUT2D eigenvalue weighted by Gasteiger charge is -2.43. The molecule has 0 aliphatic carbocycles. The second-order valence-corrected chi connectivity index (χ2v) is 9.34. The van der Waals surface area contributed by atoms with Gasteiger partial charge in [-0.3, -0.25) is 9.69 Å². The normalized spacial score (nSPS) is 21.1. The maximum Gasteiger partial charge on any atom is 0.243 e. The zero-order valence-electron chi connectivity index (χ0n) is 16.8. The number of nitrogens with zero attached hydrogens (tertiary/aromatic N) is 2. The number of rotatable bonds is 5. The first-order valence-corrected chi connectivity index (χ1v) is 11.0. The molecule has 156 valence electrons. The van der Waals surface area contributed by atoms with E-state index in [1.807, 2.05) is 18.7 Å². The molecule has 0 aromatic heterocycles. The number of sulfonamides is 1. The Labute approximate surface area is 171 Å². The van der Waals surface area contributed by atoms with E-state index in [0.29, 0.717) is 24.3 Å². The van der Waals surface area contributed by atoms with E-state index in [9.17, 15) is 17.6 Å². The van der Waals surface area contributed by atoms with E-state index in [4.69, 9.17) is 0 Å². The van der Waals surface area contributed by atoms with Crippen molar-refractivity contribution in [2.75, 3.05) is 25.0 Å². The first kappa shape index (κ1) is 21.4. The van der Waals surface area contributed by atoms with Gasteiger partial charge in [0, 0.05) is 36.4 Å². The summed E-state index contributed by atoms with van der Waals surface area (Å²) in [5.74, 6) is -0.623. The van der Waals surface area contributed by atoms with Crippen molar-refractivity contribution in [1.29, 1.82) is 0 Å². The summed E-state index contributed by atoms with van der Waals surface area (Å²) in [5, 5.41) is 2.74. The molecular weight excluding hydrogens is 393 g/mol. The summed E-state index contributed by atoms with van der Waals surface area (Å²) in [4.78, 5) is 14.6. The average Bonchev–Trinajstić information content (AvgIpc) is 2.65. The molecule has 1 N–H and O–H groups in total. The Balaban J connectivity index is 1.67. The number of benzene rings is 2. The number of anilines is 1. The number of carbonyl (C=O) groups excluding carboxylic acids is 1. The number of hydrogen-bond acceptors (Lipinski definition) is 4. The molecule has 2 aromatic carbocycles. The predicted octanol–water partition coefficient (Wildman–Crippen LogP) is 2.86. The Kier molecular flexibility index (Phi) is 6.36. The molecule has 1 aliphatic rings. The molecular formula is C21H26FN3O3S. The van der Waals surface area contributed by atoms with Crippen LogP contribution < -0.4 is 5.32 Å².